The van der Waals surface area contributed by atoms with Crippen molar-refractivity contribution in [2.75, 3.05) is 12.4 Å². The van der Waals surface area contributed by atoms with Crippen LogP contribution in [0.3, 0.4) is 0 Å². The van der Waals surface area contributed by atoms with Crippen LogP contribution in [0.25, 0.3) is 17.4 Å². The zero-order chi connectivity index (χ0) is 20.0. The highest BCUT2D eigenvalue weighted by Gasteiger charge is 2.23. The minimum atomic E-state index is -1.25. The van der Waals surface area contributed by atoms with Crippen molar-refractivity contribution in [1.82, 2.24) is 10.3 Å². The summed E-state index contributed by atoms with van der Waals surface area (Å²) in [5.41, 5.74) is 1.75. The minimum absolute atomic E-state index is 0.134. The van der Waals surface area contributed by atoms with E-state index in [2.05, 4.69) is 22.2 Å². The maximum Gasteiger partial charge on any atom is 0.405 e. The summed E-state index contributed by atoms with van der Waals surface area (Å²) < 4.78 is 10.7. The smallest absolute Gasteiger partial charge is 0.405 e. The molecule has 2 aromatic rings. The van der Waals surface area contributed by atoms with E-state index >= 15 is 0 Å². The molecule has 27 heavy (non-hydrogen) atoms. The molecule has 8 heteroatoms. The molecule has 0 saturated carbocycles. The number of aromatic nitrogens is 1. The number of benzene rings is 1. The quantitative estimate of drug-likeness (QED) is 0.651. The maximum atomic E-state index is 12.6. The molecule has 2 amide bonds. The van der Waals surface area contributed by atoms with Crippen LogP contribution in [0.4, 0.5) is 10.5 Å². The number of ether oxygens (including phenoxy) is 1. The summed E-state index contributed by atoms with van der Waals surface area (Å²) in [6.07, 6.45) is 3.56. The molecule has 0 spiro atoms. The third-order valence-electron chi connectivity index (χ3n) is 3.87. The van der Waals surface area contributed by atoms with Gasteiger partial charge in [-0.1, -0.05) is 26.5 Å². The van der Waals surface area contributed by atoms with Crippen molar-refractivity contribution in [2.45, 2.75) is 26.3 Å². The molecule has 0 aliphatic carbocycles. The number of carboxylic acid groups (broad SMARTS) is 1. The van der Waals surface area contributed by atoms with E-state index in [1.54, 1.807) is 24.4 Å². The van der Waals surface area contributed by atoms with Gasteiger partial charge in [-0.3, -0.25) is 4.79 Å². The van der Waals surface area contributed by atoms with E-state index in [4.69, 9.17) is 14.3 Å². The average Bonchev–Trinajstić information content (AvgIpc) is 3.14. The fourth-order valence-electron chi connectivity index (χ4n) is 2.66. The van der Waals surface area contributed by atoms with Crippen molar-refractivity contribution in [3.63, 3.8) is 0 Å². The first-order chi connectivity index (χ1) is 12.8. The molecule has 1 aromatic carbocycles. The van der Waals surface area contributed by atoms with Gasteiger partial charge in [-0.25, -0.2) is 9.78 Å². The summed E-state index contributed by atoms with van der Waals surface area (Å²) >= 11 is 0. The fourth-order valence-corrected chi connectivity index (χ4v) is 2.66. The molecule has 0 fully saturated rings. The predicted octanol–water partition coefficient (Wildman–Crippen LogP) is 3.61. The summed E-state index contributed by atoms with van der Waals surface area (Å²) in [6, 6.07) is 2.52. The van der Waals surface area contributed by atoms with Gasteiger partial charge in [0.25, 0.3) is 0 Å². The first-order valence-electron chi connectivity index (χ1n) is 8.39. The standard InChI is InChI=1S/C19H23N3O5/c1-5-12-7-13(17-9-20-10-27-17)16(26-4)8-14(12)21-18(23)15(6-11(2)3)22-19(24)25/h5,7-11,15,22H,1,6H2,2-4H3,(H,21,23)(H,24,25). The second-order valence-electron chi connectivity index (χ2n) is 6.33. The molecular weight excluding hydrogens is 350 g/mol. The van der Waals surface area contributed by atoms with Crippen LogP contribution in [0, 0.1) is 5.92 Å². The normalized spacial score (nSPS) is 11.7. The first kappa shape index (κ1) is 20.0. The summed E-state index contributed by atoms with van der Waals surface area (Å²) in [5.74, 6) is 0.663. The van der Waals surface area contributed by atoms with E-state index in [9.17, 15) is 9.59 Å². The van der Waals surface area contributed by atoms with Crippen LogP contribution in [-0.2, 0) is 4.79 Å². The van der Waals surface area contributed by atoms with Crippen LogP contribution in [0.5, 0.6) is 5.75 Å². The molecule has 0 aliphatic rings. The van der Waals surface area contributed by atoms with E-state index in [1.165, 1.54) is 13.5 Å². The van der Waals surface area contributed by atoms with Gasteiger partial charge in [-0.15, -0.1) is 0 Å². The minimum Gasteiger partial charge on any atom is -0.496 e. The second-order valence-corrected chi connectivity index (χ2v) is 6.33. The molecule has 8 nitrogen and oxygen atoms in total. The number of methoxy groups -OCH3 is 1. The lowest BCUT2D eigenvalue weighted by atomic mass is 10.0. The summed E-state index contributed by atoms with van der Waals surface area (Å²) in [6.45, 7) is 7.59. The van der Waals surface area contributed by atoms with Gasteiger partial charge >= 0.3 is 6.09 Å². The van der Waals surface area contributed by atoms with E-state index in [0.29, 0.717) is 34.7 Å². The van der Waals surface area contributed by atoms with E-state index in [1.807, 2.05) is 13.8 Å². The number of carbonyl (C=O) groups is 2. The molecule has 144 valence electrons. The lowest BCUT2D eigenvalue weighted by Crippen LogP contribution is -2.44. The topological polar surface area (TPSA) is 114 Å². The van der Waals surface area contributed by atoms with E-state index in [0.717, 1.165) is 0 Å². The largest absolute Gasteiger partial charge is 0.496 e. The van der Waals surface area contributed by atoms with Gasteiger partial charge in [0.1, 0.15) is 11.8 Å². The number of amides is 2. The van der Waals surface area contributed by atoms with Gasteiger partial charge in [0.15, 0.2) is 12.2 Å². The molecule has 0 aliphatic heterocycles. The summed E-state index contributed by atoms with van der Waals surface area (Å²) in [5, 5.41) is 14.0. The molecular formula is C19H23N3O5. The Bertz CT molecular complexity index is 815. The molecule has 1 heterocycles. The van der Waals surface area contributed by atoms with Crippen molar-refractivity contribution in [2.24, 2.45) is 5.92 Å². The van der Waals surface area contributed by atoms with Gasteiger partial charge in [-0.2, -0.15) is 0 Å². The number of carbonyl (C=O) groups excluding carboxylic acids is 1. The van der Waals surface area contributed by atoms with Crippen molar-refractivity contribution in [3.8, 4) is 17.1 Å². The second kappa shape index (κ2) is 8.88. The molecule has 0 radical (unpaired) electrons. The van der Waals surface area contributed by atoms with Crippen molar-refractivity contribution in [3.05, 3.63) is 36.9 Å². The third-order valence-corrected chi connectivity index (χ3v) is 3.87. The number of rotatable bonds is 8. The Kier molecular flexibility index (Phi) is 6.59. The molecule has 1 aromatic heterocycles. The Morgan fingerprint density at radius 2 is 2.15 bits per heavy atom. The Morgan fingerprint density at radius 3 is 2.67 bits per heavy atom. The lowest BCUT2D eigenvalue weighted by molar-refractivity contribution is -0.118. The van der Waals surface area contributed by atoms with Crippen molar-refractivity contribution >= 4 is 23.8 Å². The van der Waals surface area contributed by atoms with Crippen molar-refractivity contribution < 1.29 is 23.8 Å². The molecule has 0 saturated heterocycles. The van der Waals surface area contributed by atoms with Crippen LogP contribution in [-0.4, -0.2) is 35.2 Å². The predicted molar refractivity (Wildman–Crippen MR) is 102 cm³/mol. The number of hydrogen-bond donors (Lipinski definition) is 3. The van der Waals surface area contributed by atoms with Gasteiger partial charge < -0.3 is 24.9 Å². The SMILES string of the molecule is C=Cc1cc(-c2cnco2)c(OC)cc1NC(=O)C(CC(C)C)NC(=O)O. The fraction of sp³-hybridized carbons (Fsp3) is 0.316. The Hall–Kier alpha value is -3.29. The van der Waals surface area contributed by atoms with Gasteiger partial charge in [-0.05, 0) is 24.0 Å². The third kappa shape index (κ3) is 5.10. The Morgan fingerprint density at radius 1 is 1.41 bits per heavy atom. The summed E-state index contributed by atoms with van der Waals surface area (Å²) in [7, 11) is 1.50. The lowest BCUT2D eigenvalue weighted by Gasteiger charge is -2.20. The number of hydrogen-bond acceptors (Lipinski definition) is 5. The molecule has 2 rings (SSSR count). The average molecular weight is 373 g/mol. The van der Waals surface area contributed by atoms with Crippen molar-refractivity contribution in [1.29, 1.82) is 0 Å². The zero-order valence-electron chi connectivity index (χ0n) is 15.5. The van der Waals surface area contributed by atoms with Crippen LogP contribution < -0.4 is 15.4 Å². The van der Waals surface area contributed by atoms with Crippen LogP contribution >= 0.6 is 0 Å². The highest BCUT2D eigenvalue weighted by Crippen LogP contribution is 2.35. The van der Waals surface area contributed by atoms with Gasteiger partial charge in [0.05, 0.1) is 24.6 Å². The molecule has 3 N–H and O–H groups in total. The van der Waals surface area contributed by atoms with E-state index in [-0.39, 0.29) is 5.92 Å². The molecule has 1 unspecified atom stereocenters. The first-order valence-corrected chi connectivity index (χ1v) is 8.39. The zero-order valence-corrected chi connectivity index (χ0v) is 15.5. The van der Waals surface area contributed by atoms with Gasteiger partial charge in [0, 0.05) is 6.07 Å². The van der Waals surface area contributed by atoms with Crippen LogP contribution in [0.15, 0.2) is 35.7 Å². The maximum absolute atomic E-state index is 12.6. The van der Waals surface area contributed by atoms with E-state index < -0.39 is 18.0 Å². The monoisotopic (exact) mass is 373 g/mol. The molecule has 0 bridgehead atoms. The number of oxazole rings is 1. The van der Waals surface area contributed by atoms with Gasteiger partial charge in [0.2, 0.25) is 5.91 Å². The highest BCUT2D eigenvalue weighted by molar-refractivity contribution is 5.98. The van der Waals surface area contributed by atoms with Crippen LogP contribution in [0.2, 0.25) is 0 Å². The number of nitrogens with zero attached hydrogens (tertiary/aromatic N) is 1. The molecule has 1 atom stereocenters. The highest BCUT2D eigenvalue weighted by atomic mass is 16.5. The Balaban J connectivity index is 2.35. The number of anilines is 1. The Labute approximate surface area is 157 Å². The van der Waals surface area contributed by atoms with Crippen LogP contribution in [0.1, 0.15) is 25.8 Å². The number of nitrogens with one attached hydrogen (secondary N) is 2. The summed E-state index contributed by atoms with van der Waals surface area (Å²) in [4.78, 5) is 27.5.